The predicted molar refractivity (Wildman–Crippen MR) is 75.6 cm³/mol. The Morgan fingerprint density at radius 3 is 2.65 bits per heavy atom. The average Bonchev–Trinajstić information content (AvgIpc) is 2.78. The Labute approximate surface area is 121 Å². The summed E-state index contributed by atoms with van der Waals surface area (Å²) in [5.74, 6) is -0.414. The molecule has 1 aromatic heterocycles. The topological polar surface area (TPSA) is 97.5 Å². The highest BCUT2D eigenvalue weighted by atomic mass is 32.1. The highest BCUT2D eigenvalue weighted by Gasteiger charge is 2.25. The van der Waals surface area contributed by atoms with E-state index in [1.54, 1.807) is 18.7 Å². The molecule has 1 atom stereocenters. The van der Waals surface area contributed by atoms with Crippen molar-refractivity contribution in [1.82, 2.24) is 15.2 Å². The number of amides is 2. The van der Waals surface area contributed by atoms with Gasteiger partial charge in [0.1, 0.15) is 10.9 Å². The molecule has 1 aliphatic rings. The SMILES string of the molecule is Cc1nc(N)sc1C(=O)NC(C)C(=O)N1CCOCC1. The second-order valence-electron chi connectivity index (χ2n) is 4.60. The number of aryl methyl sites for hydroxylation is 1. The minimum Gasteiger partial charge on any atom is -0.378 e. The third-order valence-corrected chi connectivity index (χ3v) is 4.05. The lowest BCUT2D eigenvalue weighted by Crippen LogP contribution is -2.50. The molecule has 1 aromatic rings. The Morgan fingerprint density at radius 2 is 2.10 bits per heavy atom. The van der Waals surface area contributed by atoms with Gasteiger partial charge in [0.05, 0.1) is 18.9 Å². The minimum absolute atomic E-state index is 0.100. The number of nitrogen functional groups attached to an aromatic ring is 1. The quantitative estimate of drug-likeness (QED) is 0.819. The minimum atomic E-state index is -0.580. The van der Waals surface area contributed by atoms with E-state index >= 15 is 0 Å². The van der Waals surface area contributed by atoms with Crippen molar-refractivity contribution in [3.8, 4) is 0 Å². The summed E-state index contributed by atoms with van der Waals surface area (Å²) in [5.41, 5.74) is 6.14. The van der Waals surface area contributed by atoms with Gasteiger partial charge in [0, 0.05) is 13.1 Å². The molecule has 110 valence electrons. The van der Waals surface area contributed by atoms with Gasteiger partial charge in [-0.25, -0.2) is 4.98 Å². The first-order valence-electron chi connectivity index (χ1n) is 6.39. The summed E-state index contributed by atoms with van der Waals surface area (Å²) in [6, 6.07) is -0.580. The Morgan fingerprint density at radius 1 is 1.45 bits per heavy atom. The van der Waals surface area contributed by atoms with Crippen LogP contribution in [0.15, 0.2) is 0 Å². The molecule has 0 saturated carbocycles. The number of carbonyl (C=O) groups is 2. The summed E-state index contributed by atoms with van der Waals surface area (Å²) in [5, 5.41) is 3.04. The van der Waals surface area contributed by atoms with E-state index in [-0.39, 0.29) is 11.8 Å². The van der Waals surface area contributed by atoms with Gasteiger partial charge in [-0.3, -0.25) is 9.59 Å². The zero-order valence-corrected chi connectivity index (χ0v) is 12.3. The first-order chi connectivity index (χ1) is 9.49. The smallest absolute Gasteiger partial charge is 0.263 e. The Hall–Kier alpha value is -1.67. The fourth-order valence-corrected chi connectivity index (χ4v) is 2.75. The zero-order chi connectivity index (χ0) is 14.7. The molecule has 2 amide bonds. The van der Waals surface area contributed by atoms with Gasteiger partial charge in [0.25, 0.3) is 5.91 Å². The van der Waals surface area contributed by atoms with Crippen LogP contribution in [-0.4, -0.2) is 54.0 Å². The van der Waals surface area contributed by atoms with Gasteiger partial charge in [0.2, 0.25) is 5.91 Å². The number of rotatable bonds is 3. The van der Waals surface area contributed by atoms with Crippen molar-refractivity contribution in [2.24, 2.45) is 0 Å². The number of nitrogens with one attached hydrogen (secondary N) is 1. The molecule has 0 spiro atoms. The highest BCUT2D eigenvalue weighted by molar-refractivity contribution is 7.17. The molecule has 1 fully saturated rings. The van der Waals surface area contributed by atoms with Crippen LogP contribution in [0.2, 0.25) is 0 Å². The molecule has 20 heavy (non-hydrogen) atoms. The third kappa shape index (κ3) is 3.26. The Kier molecular flexibility index (Phi) is 4.56. The number of anilines is 1. The van der Waals surface area contributed by atoms with Crippen LogP contribution in [0.3, 0.4) is 0 Å². The molecule has 1 saturated heterocycles. The first-order valence-corrected chi connectivity index (χ1v) is 7.21. The van der Waals surface area contributed by atoms with Gasteiger partial charge in [-0.1, -0.05) is 11.3 Å². The fraction of sp³-hybridized carbons (Fsp3) is 0.583. The van der Waals surface area contributed by atoms with Crippen LogP contribution in [0.1, 0.15) is 22.3 Å². The van der Waals surface area contributed by atoms with Gasteiger partial charge >= 0.3 is 0 Å². The molecule has 8 heteroatoms. The van der Waals surface area contributed by atoms with Crippen molar-refractivity contribution < 1.29 is 14.3 Å². The van der Waals surface area contributed by atoms with Crippen LogP contribution < -0.4 is 11.1 Å². The van der Waals surface area contributed by atoms with Crippen LogP contribution >= 0.6 is 11.3 Å². The van der Waals surface area contributed by atoms with Crippen LogP contribution in [0.25, 0.3) is 0 Å². The van der Waals surface area contributed by atoms with E-state index in [1.807, 2.05) is 0 Å². The lowest BCUT2D eigenvalue weighted by atomic mass is 10.2. The summed E-state index contributed by atoms with van der Waals surface area (Å²) in [6.45, 7) is 5.59. The average molecular weight is 298 g/mol. The van der Waals surface area contributed by atoms with Crippen LogP contribution in [-0.2, 0) is 9.53 Å². The molecular weight excluding hydrogens is 280 g/mol. The highest BCUT2D eigenvalue weighted by Crippen LogP contribution is 2.19. The predicted octanol–water partition coefficient (Wildman–Crippen LogP) is 0.0108. The maximum Gasteiger partial charge on any atom is 0.263 e. The molecule has 2 heterocycles. The Bertz CT molecular complexity index is 511. The van der Waals surface area contributed by atoms with E-state index in [1.165, 1.54) is 0 Å². The van der Waals surface area contributed by atoms with Crippen molar-refractivity contribution in [2.75, 3.05) is 32.0 Å². The van der Waals surface area contributed by atoms with Gasteiger partial charge in [-0.15, -0.1) is 0 Å². The van der Waals surface area contributed by atoms with Crippen molar-refractivity contribution >= 4 is 28.3 Å². The van der Waals surface area contributed by atoms with Crippen LogP contribution in [0.5, 0.6) is 0 Å². The molecule has 3 N–H and O–H groups in total. The van der Waals surface area contributed by atoms with Crippen LogP contribution in [0.4, 0.5) is 5.13 Å². The van der Waals surface area contributed by atoms with Crippen LogP contribution in [0, 0.1) is 6.92 Å². The number of thiazole rings is 1. The summed E-state index contributed by atoms with van der Waals surface area (Å²) in [4.78, 5) is 30.4. The number of hydrogen-bond acceptors (Lipinski definition) is 6. The Balaban J connectivity index is 1.96. The summed E-state index contributed by atoms with van der Waals surface area (Å²) >= 11 is 1.12. The standard InChI is InChI=1S/C12H18N4O3S/c1-7-9(20-12(13)15-7)10(17)14-8(2)11(18)16-3-5-19-6-4-16/h8H,3-6H2,1-2H3,(H2,13,15)(H,14,17). The number of hydrogen-bond donors (Lipinski definition) is 2. The summed E-state index contributed by atoms with van der Waals surface area (Å²) in [6.07, 6.45) is 0. The molecule has 2 rings (SSSR count). The van der Waals surface area contributed by atoms with E-state index in [9.17, 15) is 9.59 Å². The summed E-state index contributed by atoms with van der Waals surface area (Å²) in [7, 11) is 0. The lowest BCUT2D eigenvalue weighted by molar-refractivity contribution is -0.136. The summed E-state index contributed by atoms with van der Waals surface area (Å²) < 4.78 is 5.20. The second-order valence-corrected chi connectivity index (χ2v) is 5.63. The first kappa shape index (κ1) is 14.7. The van der Waals surface area contributed by atoms with Gasteiger partial charge in [-0.2, -0.15) is 0 Å². The normalized spacial score (nSPS) is 16.8. The molecule has 7 nitrogen and oxygen atoms in total. The van der Waals surface area contributed by atoms with Crippen molar-refractivity contribution in [3.05, 3.63) is 10.6 Å². The van der Waals surface area contributed by atoms with Gasteiger partial charge < -0.3 is 20.7 Å². The van der Waals surface area contributed by atoms with Crippen molar-refractivity contribution in [2.45, 2.75) is 19.9 Å². The monoisotopic (exact) mass is 298 g/mol. The van der Waals surface area contributed by atoms with Crippen molar-refractivity contribution in [1.29, 1.82) is 0 Å². The molecule has 0 bridgehead atoms. The zero-order valence-electron chi connectivity index (χ0n) is 11.5. The van der Waals surface area contributed by atoms with E-state index in [0.717, 1.165) is 11.3 Å². The largest absolute Gasteiger partial charge is 0.378 e. The maximum atomic E-state index is 12.2. The molecule has 1 unspecified atom stereocenters. The van der Waals surface area contributed by atoms with E-state index in [4.69, 9.17) is 10.5 Å². The number of nitrogens with two attached hydrogens (primary N) is 1. The molecule has 0 aliphatic carbocycles. The molecular formula is C12H18N4O3S. The van der Waals surface area contributed by atoms with Gasteiger partial charge in [-0.05, 0) is 13.8 Å². The fourth-order valence-electron chi connectivity index (χ4n) is 2.01. The number of nitrogens with zero attached hydrogens (tertiary/aromatic N) is 2. The third-order valence-electron chi connectivity index (χ3n) is 3.06. The van der Waals surface area contributed by atoms with Crippen molar-refractivity contribution in [3.63, 3.8) is 0 Å². The molecule has 0 aromatic carbocycles. The number of ether oxygens (including phenoxy) is 1. The number of morpholine rings is 1. The maximum absolute atomic E-state index is 12.2. The van der Waals surface area contributed by atoms with E-state index in [2.05, 4.69) is 10.3 Å². The number of carbonyl (C=O) groups excluding carboxylic acids is 2. The van der Waals surface area contributed by atoms with E-state index < -0.39 is 6.04 Å². The number of aromatic nitrogens is 1. The van der Waals surface area contributed by atoms with E-state index in [0.29, 0.717) is 42.0 Å². The van der Waals surface area contributed by atoms with Gasteiger partial charge in [0.15, 0.2) is 5.13 Å². The molecule has 0 radical (unpaired) electrons. The second kappa shape index (κ2) is 6.19. The molecule has 1 aliphatic heterocycles. The lowest BCUT2D eigenvalue weighted by Gasteiger charge is -2.29.